The second-order valence-electron chi connectivity index (χ2n) is 7.21. The van der Waals surface area contributed by atoms with Gasteiger partial charge in [-0.2, -0.15) is 0 Å². The number of hydrogen-bond donors (Lipinski definition) is 0. The summed E-state index contributed by atoms with van der Waals surface area (Å²) in [5.41, 5.74) is 3.49. The van der Waals surface area contributed by atoms with Gasteiger partial charge in [0.15, 0.2) is 0 Å². The normalized spacial score (nSPS) is 16.2. The fourth-order valence-electron chi connectivity index (χ4n) is 3.60. The zero-order valence-corrected chi connectivity index (χ0v) is 16.6. The Morgan fingerprint density at radius 1 is 1.00 bits per heavy atom. The highest BCUT2D eigenvalue weighted by Crippen LogP contribution is 2.27. The van der Waals surface area contributed by atoms with Crippen molar-refractivity contribution >= 4 is 5.69 Å². The van der Waals surface area contributed by atoms with Gasteiger partial charge in [0, 0.05) is 37.4 Å². The average Bonchev–Trinajstić information content (AvgIpc) is 3.24. The van der Waals surface area contributed by atoms with Crippen LogP contribution in [0.5, 0.6) is 5.75 Å². The van der Waals surface area contributed by atoms with E-state index in [0.29, 0.717) is 11.8 Å². The molecule has 0 saturated carbocycles. The molecule has 146 valence electrons. The molecule has 0 unspecified atom stereocenters. The first kappa shape index (κ1) is 18.5. The number of aromatic nitrogens is 2. The standard InChI is InChI=1S/C22H26N4O2/c1-16-5-4-6-19(15-16)26-13-11-25(12-14-26)17(2)21-23-24-22(28-21)18-7-9-20(27-3)10-8-18/h4-10,15,17H,11-14H2,1-3H3/t17-/m1/s1. The maximum atomic E-state index is 5.97. The van der Waals surface area contributed by atoms with Gasteiger partial charge in [0.2, 0.25) is 11.8 Å². The smallest absolute Gasteiger partial charge is 0.247 e. The summed E-state index contributed by atoms with van der Waals surface area (Å²) in [5, 5.41) is 8.53. The van der Waals surface area contributed by atoms with Crippen LogP contribution in [0.15, 0.2) is 52.9 Å². The molecule has 4 rings (SSSR count). The van der Waals surface area contributed by atoms with E-state index in [1.807, 2.05) is 24.3 Å². The summed E-state index contributed by atoms with van der Waals surface area (Å²) in [6.07, 6.45) is 0. The molecular formula is C22H26N4O2. The van der Waals surface area contributed by atoms with E-state index >= 15 is 0 Å². The molecule has 0 bridgehead atoms. The molecule has 1 atom stereocenters. The molecule has 2 aromatic carbocycles. The maximum Gasteiger partial charge on any atom is 0.247 e. The van der Waals surface area contributed by atoms with Crippen LogP contribution >= 0.6 is 0 Å². The summed E-state index contributed by atoms with van der Waals surface area (Å²) < 4.78 is 11.2. The van der Waals surface area contributed by atoms with Crippen molar-refractivity contribution in [2.45, 2.75) is 19.9 Å². The average molecular weight is 378 g/mol. The summed E-state index contributed by atoms with van der Waals surface area (Å²) in [7, 11) is 1.65. The number of benzene rings is 2. The molecule has 1 aliphatic heterocycles. The molecule has 0 N–H and O–H groups in total. The Morgan fingerprint density at radius 2 is 1.75 bits per heavy atom. The molecule has 1 fully saturated rings. The summed E-state index contributed by atoms with van der Waals surface area (Å²) in [4.78, 5) is 4.84. The summed E-state index contributed by atoms with van der Waals surface area (Å²) in [6.45, 7) is 8.19. The molecule has 1 saturated heterocycles. The first-order valence-corrected chi connectivity index (χ1v) is 9.67. The molecule has 6 heteroatoms. The van der Waals surface area contributed by atoms with Crippen molar-refractivity contribution in [3.63, 3.8) is 0 Å². The second-order valence-corrected chi connectivity index (χ2v) is 7.21. The molecule has 1 aliphatic rings. The fraction of sp³-hybridized carbons (Fsp3) is 0.364. The molecule has 0 amide bonds. The van der Waals surface area contributed by atoms with Crippen LogP contribution in [0, 0.1) is 6.92 Å². The van der Waals surface area contributed by atoms with Crippen molar-refractivity contribution in [1.82, 2.24) is 15.1 Å². The van der Waals surface area contributed by atoms with Gasteiger partial charge in [-0.1, -0.05) is 12.1 Å². The Bertz CT molecular complexity index is 914. The predicted octanol–water partition coefficient (Wildman–Crippen LogP) is 3.94. The van der Waals surface area contributed by atoms with E-state index in [-0.39, 0.29) is 6.04 Å². The topological polar surface area (TPSA) is 54.6 Å². The fourth-order valence-corrected chi connectivity index (χ4v) is 3.60. The quantitative estimate of drug-likeness (QED) is 0.670. The highest BCUT2D eigenvalue weighted by Gasteiger charge is 2.26. The van der Waals surface area contributed by atoms with Gasteiger partial charge in [0.1, 0.15) is 5.75 Å². The van der Waals surface area contributed by atoms with Crippen LogP contribution in [0.4, 0.5) is 5.69 Å². The Labute approximate surface area is 165 Å². The molecule has 3 aromatic rings. The van der Waals surface area contributed by atoms with E-state index in [2.05, 4.69) is 58.1 Å². The zero-order chi connectivity index (χ0) is 19.5. The lowest BCUT2D eigenvalue weighted by molar-refractivity contribution is 0.174. The van der Waals surface area contributed by atoms with Gasteiger partial charge in [-0.25, -0.2) is 0 Å². The Kier molecular flexibility index (Phi) is 5.30. The third-order valence-electron chi connectivity index (χ3n) is 5.36. The van der Waals surface area contributed by atoms with Crippen molar-refractivity contribution in [3.8, 4) is 17.2 Å². The van der Waals surface area contributed by atoms with Gasteiger partial charge in [-0.05, 0) is 55.8 Å². The zero-order valence-electron chi connectivity index (χ0n) is 16.6. The number of methoxy groups -OCH3 is 1. The van der Waals surface area contributed by atoms with Crippen LogP contribution in [0.2, 0.25) is 0 Å². The molecule has 2 heterocycles. The first-order valence-electron chi connectivity index (χ1n) is 9.67. The van der Waals surface area contributed by atoms with Gasteiger partial charge in [-0.15, -0.1) is 10.2 Å². The first-order chi connectivity index (χ1) is 13.6. The SMILES string of the molecule is COc1ccc(-c2nnc([C@@H](C)N3CCN(c4cccc(C)c4)CC3)o2)cc1. The highest BCUT2D eigenvalue weighted by molar-refractivity contribution is 5.54. The lowest BCUT2D eigenvalue weighted by Crippen LogP contribution is -2.47. The number of nitrogens with zero attached hydrogens (tertiary/aromatic N) is 4. The van der Waals surface area contributed by atoms with Gasteiger partial charge >= 0.3 is 0 Å². The molecule has 0 spiro atoms. The van der Waals surface area contributed by atoms with Crippen LogP contribution in [0.1, 0.15) is 24.4 Å². The summed E-state index contributed by atoms with van der Waals surface area (Å²) >= 11 is 0. The number of ether oxygens (including phenoxy) is 1. The van der Waals surface area contributed by atoms with Crippen molar-refractivity contribution in [1.29, 1.82) is 0 Å². The van der Waals surface area contributed by atoms with Crippen molar-refractivity contribution in [2.75, 3.05) is 38.2 Å². The molecule has 1 aromatic heterocycles. The predicted molar refractivity (Wildman–Crippen MR) is 110 cm³/mol. The number of rotatable bonds is 5. The highest BCUT2D eigenvalue weighted by atomic mass is 16.5. The van der Waals surface area contributed by atoms with E-state index in [0.717, 1.165) is 37.5 Å². The van der Waals surface area contributed by atoms with E-state index in [1.54, 1.807) is 7.11 Å². The lowest BCUT2D eigenvalue weighted by atomic mass is 10.1. The molecular weight excluding hydrogens is 352 g/mol. The minimum atomic E-state index is 0.0964. The third-order valence-corrected chi connectivity index (χ3v) is 5.36. The minimum absolute atomic E-state index is 0.0964. The van der Waals surface area contributed by atoms with Crippen LogP contribution in [0.3, 0.4) is 0 Å². The van der Waals surface area contributed by atoms with Crippen LogP contribution in [-0.2, 0) is 0 Å². The Morgan fingerprint density at radius 3 is 2.43 bits per heavy atom. The number of aryl methyl sites for hydroxylation is 1. The molecule has 0 aliphatic carbocycles. The van der Waals surface area contributed by atoms with E-state index < -0.39 is 0 Å². The molecule has 6 nitrogen and oxygen atoms in total. The number of anilines is 1. The van der Waals surface area contributed by atoms with Crippen molar-refractivity contribution in [3.05, 3.63) is 60.0 Å². The molecule has 0 radical (unpaired) electrons. The summed E-state index contributed by atoms with van der Waals surface area (Å²) in [5.74, 6) is 2.01. The van der Waals surface area contributed by atoms with Crippen LogP contribution < -0.4 is 9.64 Å². The second kappa shape index (κ2) is 8.02. The maximum absolute atomic E-state index is 5.97. The van der Waals surface area contributed by atoms with E-state index in [9.17, 15) is 0 Å². The van der Waals surface area contributed by atoms with Crippen LogP contribution in [-0.4, -0.2) is 48.4 Å². The monoisotopic (exact) mass is 378 g/mol. The Balaban J connectivity index is 1.40. The number of hydrogen-bond acceptors (Lipinski definition) is 6. The minimum Gasteiger partial charge on any atom is -0.497 e. The summed E-state index contributed by atoms with van der Waals surface area (Å²) in [6, 6.07) is 16.4. The Hall–Kier alpha value is -2.86. The third kappa shape index (κ3) is 3.87. The van der Waals surface area contributed by atoms with Gasteiger partial charge in [0.05, 0.1) is 13.2 Å². The van der Waals surface area contributed by atoms with Crippen LogP contribution in [0.25, 0.3) is 11.5 Å². The number of piperazine rings is 1. The lowest BCUT2D eigenvalue weighted by Gasteiger charge is -2.38. The van der Waals surface area contributed by atoms with E-state index in [1.165, 1.54) is 11.3 Å². The van der Waals surface area contributed by atoms with Crippen molar-refractivity contribution in [2.24, 2.45) is 0 Å². The molecule has 28 heavy (non-hydrogen) atoms. The van der Waals surface area contributed by atoms with E-state index in [4.69, 9.17) is 9.15 Å². The van der Waals surface area contributed by atoms with Gasteiger partial charge in [0.25, 0.3) is 0 Å². The van der Waals surface area contributed by atoms with Gasteiger partial charge < -0.3 is 14.1 Å². The largest absolute Gasteiger partial charge is 0.497 e. The van der Waals surface area contributed by atoms with Gasteiger partial charge in [-0.3, -0.25) is 4.90 Å². The van der Waals surface area contributed by atoms with Crippen molar-refractivity contribution < 1.29 is 9.15 Å².